The quantitative estimate of drug-likeness (QED) is 0.801. The van der Waals surface area contributed by atoms with E-state index in [-0.39, 0.29) is 6.04 Å². The Balaban J connectivity index is 2.04. The van der Waals surface area contributed by atoms with Crippen molar-refractivity contribution in [3.63, 3.8) is 0 Å². The van der Waals surface area contributed by atoms with E-state index in [1.807, 2.05) is 18.2 Å². The van der Waals surface area contributed by atoms with E-state index in [4.69, 9.17) is 11.6 Å². The Bertz CT molecular complexity index is 568. The summed E-state index contributed by atoms with van der Waals surface area (Å²) >= 11 is 9.81. The van der Waals surface area contributed by atoms with Gasteiger partial charge >= 0.3 is 0 Å². The molecule has 0 saturated heterocycles. The van der Waals surface area contributed by atoms with Crippen LogP contribution in [0.3, 0.4) is 0 Å². The van der Waals surface area contributed by atoms with Crippen molar-refractivity contribution in [1.82, 2.24) is 5.32 Å². The molecule has 0 heterocycles. The van der Waals surface area contributed by atoms with E-state index in [1.54, 1.807) is 0 Å². The highest BCUT2D eigenvalue weighted by atomic mass is 79.9. The second-order valence-electron chi connectivity index (χ2n) is 4.72. The maximum atomic E-state index is 6.20. The van der Waals surface area contributed by atoms with Gasteiger partial charge in [0.2, 0.25) is 0 Å². The van der Waals surface area contributed by atoms with Crippen molar-refractivity contribution in [2.45, 2.75) is 26.4 Å². The topological polar surface area (TPSA) is 12.0 Å². The molecule has 0 bridgehead atoms. The van der Waals surface area contributed by atoms with E-state index >= 15 is 0 Å². The molecule has 2 aromatic carbocycles. The monoisotopic (exact) mass is 337 g/mol. The summed E-state index contributed by atoms with van der Waals surface area (Å²) in [5.41, 5.74) is 3.65. The number of halogens is 2. The van der Waals surface area contributed by atoms with Crippen molar-refractivity contribution < 1.29 is 0 Å². The smallest absolute Gasteiger partial charge is 0.0453 e. The van der Waals surface area contributed by atoms with Gasteiger partial charge in [0.1, 0.15) is 0 Å². The molecule has 0 aliphatic rings. The highest BCUT2D eigenvalue weighted by Crippen LogP contribution is 2.23. The van der Waals surface area contributed by atoms with Crippen LogP contribution in [-0.4, -0.2) is 0 Å². The molecule has 0 unspecified atom stereocenters. The van der Waals surface area contributed by atoms with Crippen LogP contribution >= 0.6 is 27.5 Å². The standard InChI is InChI=1S/C16H17BrClN/c1-11-7-8-13(15(17)9-11)10-19-12(2)14-5-3-4-6-16(14)18/h3-9,12,19H,10H2,1-2H3/t12-/m1/s1. The molecule has 0 radical (unpaired) electrons. The van der Waals surface area contributed by atoms with Gasteiger partial charge in [-0.1, -0.05) is 57.9 Å². The van der Waals surface area contributed by atoms with Gasteiger partial charge < -0.3 is 5.32 Å². The van der Waals surface area contributed by atoms with Crippen LogP contribution in [0.2, 0.25) is 5.02 Å². The fourth-order valence-electron chi connectivity index (χ4n) is 1.99. The van der Waals surface area contributed by atoms with Gasteiger partial charge in [0.05, 0.1) is 0 Å². The van der Waals surface area contributed by atoms with Gasteiger partial charge in [0.15, 0.2) is 0 Å². The van der Waals surface area contributed by atoms with Crippen LogP contribution in [0.15, 0.2) is 46.9 Å². The van der Waals surface area contributed by atoms with Gasteiger partial charge in [-0.05, 0) is 42.7 Å². The molecule has 0 aromatic heterocycles. The molecule has 1 N–H and O–H groups in total. The molecule has 2 aromatic rings. The third-order valence-corrected chi connectivity index (χ3v) is 4.26. The fraction of sp³-hybridized carbons (Fsp3) is 0.250. The number of rotatable bonds is 4. The minimum Gasteiger partial charge on any atom is -0.306 e. The van der Waals surface area contributed by atoms with Crippen LogP contribution in [0, 0.1) is 6.92 Å². The van der Waals surface area contributed by atoms with Gasteiger partial charge in [0.25, 0.3) is 0 Å². The normalized spacial score (nSPS) is 12.4. The van der Waals surface area contributed by atoms with E-state index in [2.05, 4.69) is 59.4 Å². The van der Waals surface area contributed by atoms with Gasteiger partial charge in [-0.25, -0.2) is 0 Å². The Hall–Kier alpha value is -0.830. The molecule has 100 valence electrons. The summed E-state index contributed by atoms with van der Waals surface area (Å²) in [6.07, 6.45) is 0. The Morgan fingerprint density at radius 3 is 2.63 bits per heavy atom. The first-order valence-electron chi connectivity index (χ1n) is 6.31. The first kappa shape index (κ1) is 14.6. The van der Waals surface area contributed by atoms with E-state index < -0.39 is 0 Å². The molecule has 3 heteroatoms. The third-order valence-electron chi connectivity index (χ3n) is 3.18. The van der Waals surface area contributed by atoms with E-state index in [0.717, 1.165) is 21.6 Å². The fourth-order valence-corrected chi connectivity index (χ4v) is 2.93. The zero-order valence-corrected chi connectivity index (χ0v) is 13.4. The Morgan fingerprint density at radius 1 is 1.21 bits per heavy atom. The van der Waals surface area contributed by atoms with Crippen molar-refractivity contribution in [2.75, 3.05) is 0 Å². The van der Waals surface area contributed by atoms with Crippen LogP contribution in [0.5, 0.6) is 0 Å². The lowest BCUT2D eigenvalue weighted by molar-refractivity contribution is 0.574. The number of aryl methyl sites for hydroxylation is 1. The lowest BCUT2D eigenvalue weighted by Gasteiger charge is -2.16. The van der Waals surface area contributed by atoms with Crippen molar-refractivity contribution in [2.24, 2.45) is 0 Å². The van der Waals surface area contributed by atoms with Gasteiger partial charge in [-0.3, -0.25) is 0 Å². The average molecular weight is 339 g/mol. The first-order valence-corrected chi connectivity index (χ1v) is 7.48. The molecule has 1 nitrogen and oxygen atoms in total. The molecule has 0 amide bonds. The number of nitrogens with one attached hydrogen (secondary N) is 1. The minimum atomic E-state index is 0.224. The maximum Gasteiger partial charge on any atom is 0.0453 e. The van der Waals surface area contributed by atoms with Crippen LogP contribution < -0.4 is 5.32 Å². The zero-order chi connectivity index (χ0) is 13.8. The average Bonchev–Trinajstić information content (AvgIpc) is 2.38. The highest BCUT2D eigenvalue weighted by Gasteiger charge is 2.09. The van der Waals surface area contributed by atoms with E-state index in [1.165, 1.54) is 11.1 Å². The predicted octanol–water partition coefficient (Wildman–Crippen LogP) is 5.26. The summed E-state index contributed by atoms with van der Waals surface area (Å²) in [5, 5.41) is 4.31. The second-order valence-corrected chi connectivity index (χ2v) is 5.98. The number of hydrogen-bond acceptors (Lipinski definition) is 1. The van der Waals surface area contributed by atoms with Gasteiger partial charge in [-0.15, -0.1) is 0 Å². The largest absolute Gasteiger partial charge is 0.306 e. The van der Waals surface area contributed by atoms with Crippen molar-refractivity contribution >= 4 is 27.5 Å². The van der Waals surface area contributed by atoms with E-state index in [9.17, 15) is 0 Å². The molecule has 0 fully saturated rings. The Morgan fingerprint density at radius 2 is 1.95 bits per heavy atom. The Kier molecular flexibility index (Phi) is 5.03. The number of hydrogen-bond donors (Lipinski definition) is 1. The van der Waals surface area contributed by atoms with Crippen LogP contribution in [0.4, 0.5) is 0 Å². The molecule has 0 saturated carbocycles. The highest BCUT2D eigenvalue weighted by molar-refractivity contribution is 9.10. The summed E-state index contributed by atoms with van der Waals surface area (Å²) in [4.78, 5) is 0. The summed E-state index contributed by atoms with van der Waals surface area (Å²) in [5.74, 6) is 0. The lowest BCUT2D eigenvalue weighted by atomic mass is 10.1. The summed E-state index contributed by atoms with van der Waals surface area (Å²) in [6, 6.07) is 14.6. The Labute approximate surface area is 128 Å². The SMILES string of the molecule is Cc1ccc(CN[C@H](C)c2ccccc2Cl)c(Br)c1. The van der Waals surface area contributed by atoms with Crippen LogP contribution in [0.25, 0.3) is 0 Å². The molecule has 1 atom stereocenters. The molecular formula is C16H17BrClN. The molecule has 2 rings (SSSR count). The zero-order valence-electron chi connectivity index (χ0n) is 11.1. The maximum absolute atomic E-state index is 6.20. The first-order chi connectivity index (χ1) is 9.08. The molecule has 0 aliphatic heterocycles. The molecule has 0 spiro atoms. The molecule has 0 aliphatic carbocycles. The molecule has 19 heavy (non-hydrogen) atoms. The summed E-state index contributed by atoms with van der Waals surface area (Å²) in [6.45, 7) is 5.03. The minimum absolute atomic E-state index is 0.224. The predicted molar refractivity (Wildman–Crippen MR) is 85.6 cm³/mol. The van der Waals surface area contributed by atoms with Crippen molar-refractivity contribution in [3.05, 3.63) is 68.7 Å². The second kappa shape index (κ2) is 6.56. The van der Waals surface area contributed by atoms with Gasteiger partial charge in [-0.2, -0.15) is 0 Å². The van der Waals surface area contributed by atoms with Crippen LogP contribution in [-0.2, 0) is 6.54 Å². The summed E-state index contributed by atoms with van der Waals surface area (Å²) < 4.78 is 1.14. The van der Waals surface area contributed by atoms with Crippen LogP contribution in [0.1, 0.15) is 29.7 Å². The summed E-state index contributed by atoms with van der Waals surface area (Å²) in [7, 11) is 0. The molecular weight excluding hydrogens is 322 g/mol. The van der Waals surface area contributed by atoms with E-state index in [0.29, 0.717) is 0 Å². The van der Waals surface area contributed by atoms with Crippen molar-refractivity contribution in [3.8, 4) is 0 Å². The van der Waals surface area contributed by atoms with Gasteiger partial charge in [0, 0.05) is 22.1 Å². The third kappa shape index (κ3) is 3.82. The number of benzene rings is 2. The van der Waals surface area contributed by atoms with Crippen molar-refractivity contribution in [1.29, 1.82) is 0 Å². The lowest BCUT2D eigenvalue weighted by Crippen LogP contribution is -2.18.